The summed E-state index contributed by atoms with van der Waals surface area (Å²) in [5.74, 6) is -0.225. The molecule has 0 bridgehead atoms. The van der Waals surface area contributed by atoms with Crippen LogP contribution in [-0.4, -0.2) is 36.1 Å². The molecule has 1 rings (SSSR count). The molecule has 1 saturated carbocycles. The zero-order valence-corrected chi connectivity index (χ0v) is 10.1. The number of carbonyl (C=O) groups is 1. The molecule has 0 saturated heterocycles. The van der Waals surface area contributed by atoms with Gasteiger partial charge in [0, 0.05) is 6.04 Å². The fraction of sp³-hybridized carbons (Fsp3) is 0.833. The second kappa shape index (κ2) is 6.49. The fourth-order valence-corrected chi connectivity index (χ4v) is 2.14. The molecule has 0 aromatic rings. The normalized spacial score (nSPS) is 16.7. The van der Waals surface area contributed by atoms with Crippen molar-refractivity contribution in [3.05, 3.63) is 0 Å². The van der Waals surface area contributed by atoms with E-state index in [4.69, 9.17) is 10.00 Å². The first-order valence-corrected chi connectivity index (χ1v) is 5.94. The summed E-state index contributed by atoms with van der Waals surface area (Å²) in [4.78, 5) is 13.5. The standard InChI is InChI=1S/C12H20N2O2/c1-10(2)16-12(15)9-14(8-7-13)11-5-3-4-6-11/h10-11H,3-6,8-9H2,1-2H3. The maximum absolute atomic E-state index is 11.5. The average molecular weight is 224 g/mol. The third kappa shape index (κ3) is 4.19. The minimum Gasteiger partial charge on any atom is -0.462 e. The number of rotatable bonds is 5. The van der Waals surface area contributed by atoms with Crippen molar-refractivity contribution in [2.75, 3.05) is 13.1 Å². The summed E-state index contributed by atoms with van der Waals surface area (Å²) < 4.78 is 5.10. The van der Waals surface area contributed by atoms with Crippen molar-refractivity contribution < 1.29 is 9.53 Å². The molecule has 0 spiro atoms. The quantitative estimate of drug-likeness (QED) is 0.527. The van der Waals surface area contributed by atoms with Crippen LogP contribution in [0, 0.1) is 11.3 Å². The molecular formula is C12H20N2O2. The van der Waals surface area contributed by atoms with E-state index in [1.165, 1.54) is 12.8 Å². The van der Waals surface area contributed by atoms with E-state index in [1.54, 1.807) is 0 Å². The van der Waals surface area contributed by atoms with Gasteiger partial charge in [0.2, 0.25) is 0 Å². The molecule has 1 aliphatic carbocycles. The van der Waals surface area contributed by atoms with Crippen molar-refractivity contribution in [1.82, 2.24) is 4.90 Å². The van der Waals surface area contributed by atoms with Crippen LogP contribution < -0.4 is 0 Å². The number of carbonyl (C=O) groups excluding carboxylic acids is 1. The van der Waals surface area contributed by atoms with Crippen LogP contribution in [0.1, 0.15) is 39.5 Å². The van der Waals surface area contributed by atoms with Gasteiger partial charge in [-0.3, -0.25) is 9.69 Å². The highest BCUT2D eigenvalue weighted by Crippen LogP contribution is 2.23. The van der Waals surface area contributed by atoms with E-state index in [1.807, 2.05) is 18.7 Å². The highest BCUT2D eigenvalue weighted by atomic mass is 16.5. The number of hydrogen-bond acceptors (Lipinski definition) is 4. The second-order valence-electron chi connectivity index (χ2n) is 4.54. The summed E-state index contributed by atoms with van der Waals surface area (Å²) in [6.45, 7) is 4.23. The van der Waals surface area contributed by atoms with Gasteiger partial charge in [0.1, 0.15) is 0 Å². The van der Waals surface area contributed by atoms with Crippen molar-refractivity contribution in [2.45, 2.75) is 51.7 Å². The SMILES string of the molecule is CC(C)OC(=O)CN(CC#N)C1CCCC1. The number of ether oxygens (including phenoxy) is 1. The lowest BCUT2D eigenvalue weighted by Crippen LogP contribution is -2.39. The third-order valence-electron chi connectivity index (χ3n) is 2.81. The summed E-state index contributed by atoms with van der Waals surface area (Å²) in [5.41, 5.74) is 0. The Balaban J connectivity index is 2.44. The van der Waals surface area contributed by atoms with Gasteiger partial charge < -0.3 is 4.74 Å². The molecular weight excluding hydrogens is 204 g/mol. The van der Waals surface area contributed by atoms with E-state index in [2.05, 4.69) is 6.07 Å². The second-order valence-corrected chi connectivity index (χ2v) is 4.54. The Labute approximate surface area is 97.2 Å². The minimum absolute atomic E-state index is 0.0833. The molecule has 0 heterocycles. The van der Waals surface area contributed by atoms with Gasteiger partial charge in [0.05, 0.1) is 25.3 Å². The largest absolute Gasteiger partial charge is 0.462 e. The molecule has 90 valence electrons. The molecule has 0 N–H and O–H groups in total. The molecule has 4 nitrogen and oxygen atoms in total. The van der Waals surface area contributed by atoms with Gasteiger partial charge in [-0.05, 0) is 26.7 Å². The van der Waals surface area contributed by atoms with Crippen molar-refractivity contribution in [3.8, 4) is 6.07 Å². The predicted octanol–water partition coefficient (Wildman–Crippen LogP) is 1.71. The lowest BCUT2D eigenvalue weighted by molar-refractivity contribution is -0.149. The van der Waals surface area contributed by atoms with E-state index in [9.17, 15) is 4.79 Å². The van der Waals surface area contributed by atoms with Crippen LogP contribution in [0.15, 0.2) is 0 Å². The average Bonchev–Trinajstić information content (AvgIpc) is 2.68. The predicted molar refractivity (Wildman–Crippen MR) is 60.7 cm³/mol. The van der Waals surface area contributed by atoms with E-state index in [0.29, 0.717) is 12.6 Å². The molecule has 1 aliphatic rings. The fourth-order valence-electron chi connectivity index (χ4n) is 2.14. The van der Waals surface area contributed by atoms with E-state index in [-0.39, 0.29) is 18.6 Å². The summed E-state index contributed by atoms with van der Waals surface area (Å²) >= 11 is 0. The van der Waals surface area contributed by atoms with Crippen LogP contribution in [0.25, 0.3) is 0 Å². The molecule has 0 aromatic carbocycles. The molecule has 16 heavy (non-hydrogen) atoms. The maximum Gasteiger partial charge on any atom is 0.320 e. The summed E-state index contributed by atoms with van der Waals surface area (Å²) in [6.07, 6.45) is 4.50. The molecule has 4 heteroatoms. The van der Waals surface area contributed by atoms with Gasteiger partial charge in [-0.2, -0.15) is 5.26 Å². The van der Waals surface area contributed by atoms with E-state index in [0.717, 1.165) is 12.8 Å². The zero-order chi connectivity index (χ0) is 12.0. The molecule has 0 atom stereocenters. The zero-order valence-electron chi connectivity index (χ0n) is 10.1. The summed E-state index contributed by atoms with van der Waals surface area (Å²) in [6, 6.07) is 2.51. The van der Waals surface area contributed by atoms with Crippen LogP contribution in [0.3, 0.4) is 0 Å². The molecule has 0 amide bonds. The monoisotopic (exact) mass is 224 g/mol. The first kappa shape index (κ1) is 13.0. The summed E-state index contributed by atoms with van der Waals surface area (Å²) in [5, 5.41) is 8.75. The van der Waals surface area contributed by atoms with Crippen LogP contribution in [-0.2, 0) is 9.53 Å². The van der Waals surface area contributed by atoms with Gasteiger partial charge in [-0.15, -0.1) is 0 Å². The Morgan fingerprint density at radius 3 is 2.62 bits per heavy atom. The maximum atomic E-state index is 11.5. The Bertz CT molecular complexity index is 265. The Morgan fingerprint density at radius 2 is 2.12 bits per heavy atom. The van der Waals surface area contributed by atoms with Crippen LogP contribution in [0.5, 0.6) is 0 Å². The van der Waals surface area contributed by atoms with E-state index < -0.39 is 0 Å². The van der Waals surface area contributed by atoms with E-state index >= 15 is 0 Å². The van der Waals surface area contributed by atoms with Crippen LogP contribution in [0.4, 0.5) is 0 Å². The summed E-state index contributed by atoms with van der Waals surface area (Å²) in [7, 11) is 0. The van der Waals surface area contributed by atoms with Crippen LogP contribution in [0.2, 0.25) is 0 Å². The Morgan fingerprint density at radius 1 is 1.50 bits per heavy atom. The Hall–Kier alpha value is -1.08. The van der Waals surface area contributed by atoms with Gasteiger partial charge in [0.25, 0.3) is 0 Å². The van der Waals surface area contributed by atoms with Crippen molar-refractivity contribution >= 4 is 5.97 Å². The lowest BCUT2D eigenvalue weighted by atomic mass is 10.2. The molecule has 0 radical (unpaired) electrons. The topological polar surface area (TPSA) is 53.3 Å². The number of esters is 1. The van der Waals surface area contributed by atoms with Gasteiger partial charge in [-0.25, -0.2) is 0 Å². The lowest BCUT2D eigenvalue weighted by Gasteiger charge is -2.25. The van der Waals surface area contributed by atoms with Gasteiger partial charge >= 0.3 is 5.97 Å². The molecule has 1 fully saturated rings. The molecule has 0 aliphatic heterocycles. The first-order valence-electron chi connectivity index (χ1n) is 5.94. The number of nitriles is 1. The van der Waals surface area contributed by atoms with Crippen molar-refractivity contribution in [1.29, 1.82) is 5.26 Å². The Kier molecular flexibility index (Phi) is 5.27. The molecule has 0 aromatic heterocycles. The van der Waals surface area contributed by atoms with Crippen LogP contribution >= 0.6 is 0 Å². The van der Waals surface area contributed by atoms with Gasteiger partial charge in [0.15, 0.2) is 0 Å². The first-order chi connectivity index (χ1) is 7.63. The highest BCUT2D eigenvalue weighted by Gasteiger charge is 2.24. The highest BCUT2D eigenvalue weighted by molar-refractivity contribution is 5.71. The number of hydrogen-bond donors (Lipinski definition) is 0. The van der Waals surface area contributed by atoms with Gasteiger partial charge in [-0.1, -0.05) is 12.8 Å². The minimum atomic E-state index is -0.225. The van der Waals surface area contributed by atoms with Crippen molar-refractivity contribution in [3.63, 3.8) is 0 Å². The molecule has 0 unspecified atom stereocenters. The number of nitrogens with zero attached hydrogens (tertiary/aromatic N) is 2. The van der Waals surface area contributed by atoms with Crippen molar-refractivity contribution in [2.24, 2.45) is 0 Å². The third-order valence-corrected chi connectivity index (χ3v) is 2.81. The smallest absolute Gasteiger partial charge is 0.320 e.